The minimum Gasteiger partial charge on any atom is -0.368 e. The van der Waals surface area contributed by atoms with Gasteiger partial charge in [-0.1, -0.05) is 0 Å². The predicted molar refractivity (Wildman–Crippen MR) is 33.5 cm³/mol. The first-order valence-electron chi connectivity index (χ1n) is 1.22. The highest BCUT2D eigenvalue weighted by Gasteiger charge is 2.13. The fraction of sp³-hybridized carbons (Fsp3) is 1.00. The molecule has 0 spiro atoms. The zero-order valence-electron chi connectivity index (χ0n) is 2.79. The number of hydrogen-bond acceptors (Lipinski definition) is 1. The molecule has 0 saturated heterocycles. The van der Waals surface area contributed by atoms with Crippen molar-refractivity contribution in [2.24, 2.45) is 0 Å². The molecule has 0 fully saturated rings. The Kier molecular flexibility index (Phi) is 3.01. The van der Waals surface area contributed by atoms with Gasteiger partial charge in [0.25, 0.3) is 0 Å². The summed E-state index contributed by atoms with van der Waals surface area (Å²) in [6.45, 7) is 0. The van der Waals surface area contributed by atoms with E-state index < -0.39 is 3.42 Å². The first-order chi connectivity index (χ1) is 2.56. The molecule has 0 saturated carbocycles. The van der Waals surface area contributed by atoms with Crippen LogP contribution in [0.4, 0.5) is 0 Å². The number of alkyl halides is 3. The highest BCUT2D eigenvalue weighted by Crippen LogP contribution is 2.22. The van der Waals surface area contributed by atoms with Crippen LogP contribution in [-0.2, 0) is 0 Å². The predicted octanol–water partition coefficient (Wildman–Crippen LogP) is 1.66. The Balaban J connectivity index is 3.17. The van der Waals surface area contributed by atoms with Crippen molar-refractivity contribution in [1.82, 2.24) is 0 Å². The lowest BCUT2D eigenvalue weighted by atomic mass is 10.9. The van der Waals surface area contributed by atoms with E-state index in [2.05, 4.69) is 31.9 Å². The molecule has 1 nitrogen and oxygen atoms in total. The van der Waals surface area contributed by atoms with E-state index in [1.807, 2.05) is 0 Å². The van der Waals surface area contributed by atoms with Crippen molar-refractivity contribution in [2.45, 2.75) is 3.42 Å². The maximum absolute atomic E-state index is 8.53. The summed E-state index contributed by atoms with van der Waals surface area (Å²) in [5.74, 6) is 0.132. The molecule has 0 unspecified atom stereocenters. The first kappa shape index (κ1) is 7.21. The summed E-state index contributed by atoms with van der Waals surface area (Å²) in [4.78, 5) is 0. The molecule has 6 heavy (non-hydrogen) atoms. The number of halogens is 3. The van der Waals surface area contributed by atoms with E-state index in [4.69, 9.17) is 16.7 Å². The summed E-state index contributed by atoms with van der Waals surface area (Å²) < 4.78 is -1.07. The van der Waals surface area contributed by atoms with Crippen LogP contribution in [-0.4, -0.2) is 14.4 Å². The van der Waals surface area contributed by atoms with E-state index in [9.17, 15) is 0 Å². The Morgan fingerprint density at radius 2 is 1.83 bits per heavy atom. The normalized spacial score (nSPS) is 12.0. The summed E-state index contributed by atoms with van der Waals surface area (Å²) in [6.07, 6.45) is 0. The average molecular weight is 238 g/mol. The fourth-order valence-corrected chi connectivity index (χ4v) is 0. The SMILES string of the molecule is OC(Br)(Br)CCl. The lowest BCUT2D eigenvalue weighted by Crippen LogP contribution is -2.09. The standard InChI is InChI=1S/C2H3Br2ClO/c3-2(4,6)1-5/h6H,1H2. The van der Waals surface area contributed by atoms with Crippen molar-refractivity contribution in [3.63, 3.8) is 0 Å². The molecule has 0 aromatic rings. The van der Waals surface area contributed by atoms with Crippen molar-refractivity contribution in [1.29, 1.82) is 0 Å². The molecule has 1 N–H and O–H groups in total. The van der Waals surface area contributed by atoms with E-state index in [1.54, 1.807) is 0 Å². The molecule has 0 aliphatic rings. The van der Waals surface area contributed by atoms with Crippen LogP contribution >= 0.6 is 43.5 Å². The van der Waals surface area contributed by atoms with Gasteiger partial charge >= 0.3 is 0 Å². The Morgan fingerprint density at radius 3 is 1.83 bits per heavy atom. The van der Waals surface area contributed by atoms with Crippen LogP contribution in [0.3, 0.4) is 0 Å². The Labute approximate surface area is 57.9 Å². The molecular weight excluding hydrogens is 235 g/mol. The zero-order chi connectivity index (χ0) is 5.21. The third kappa shape index (κ3) is 5.21. The Morgan fingerprint density at radius 1 is 1.67 bits per heavy atom. The molecule has 0 rings (SSSR count). The van der Waals surface area contributed by atoms with Crippen LogP contribution in [0.15, 0.2) is 0 Å². The summed E-state index contributed by atoms with van der Waals surface area (Å²) >= 11 is 10.8. The van der Waals surface area contributed by atoms with E-state index in [-0.39, 0.29) is 5.88 Å². The summed E-state index contributed by atoms with van der Waals surface area (Å²) in [5.41, 5.74) is 0. The van der Waals surface area contributed by atoms with Gasteiger partial charge < -0.3 is 5.11 Å². The van der Waals surface area contributed by atoms with Crippen LogP contribution < -0.4 is 0 Å². The molecule has 0 aliphatic heterocycles. The van der Waals surface area contributed by atoms with E-state index in [0.717, 1.165) is 0 Å². The second-order valence-electron chi connectivity index (χ2n) is 0.799. The molecule has 0 aliphatic carbocycles. The number of aliphatic hydroxyl groups is 1. The molecule has 0 aromatic heterocycles. The fourth-order valence-electron chi connectivity index (χ4n) is 0. The van der Waals surface area contributed by atoms with Gasteiger partial charge in [0.05, 0.1) is 5.88 Å². The van der Waals surface area contributed by atoms with Gasteiger partial charge in [0.2, 0.25) is 0 Å². The molecule has 0 atom stereocenters. The van der Waals surface area contributed by atoms with Gasteiger partial charge in [-0.3, -0.25) is 0 Å². The topological polar surface area (TPSA) is 20.2 Å². The summed E-state index contributed by atoms with van der Waals surface area (Å²) in [6, 6.07) is 0. The minimum atomic E-state index is -1.07. The highest BCUT2D eigenvalue weighted by molar-refractivity contribution is 9.25. The molecule has 0 amide bonds. The average Bonchev–Trinajstić information content (AvgIpc) is 1.35. The lowest BCUT2D eigenvalue weighted by molar-refractivity contribution is 0.268. The summed E-state index contributed by atoms with van der Waals surface area (Å²) in [7, 11) is 0. The second kappa shape index (κ2) is 2.50. The number of hydrogen-bond donors (Lipinski definition) is 1. The number of rotatable bonds is 1. The van der Waals surface area contributed by atoms with Crippen molar-refractivity contribution in [2.75, 3.05) is 5.88 Å². The summed E-state index contributed by atoms with van der Waals surface area (Å²) in [5, 5.41) is 8.53. The van der Waals surface area contributed by atoms with Crippen molar-refractivity contribution in [3.8, 4) is 0 Å². The minimum absolute atomic E-state index is 0.132. The van der Waals surface area contributed by atoms with Crippen molar-refractivity contribution >= 4 is 43.5 Å². The van der Waals surface area contributed by atoms with Gasteiger partial charge in [0.15, 0.2) is 3.42 Å². The van der Waals surface area contributed by atoms with Crippen LogP contribution in [0.25, 0.3) is 0 Å². The van der Waals surface area contributed by atoms with Gasteiger partial charge in [-0.25, -0.2) is 0 Å². The monoisotopic (exact) mass is 236 g/mol. The first-order valence-corrected chi connectivity index (χ1v) is 3.34. The Bertz CT molecular complexity index is 41.3. The maximum atomic E-state index is 8.53. The zero-order valence-corrected chi connectivity index (χ0v) is 6.72. The van der Waals surface area contributed by atoms with Crippen LogP contribution in [0.5, 0.6) is 0 Å². The third-order valence-corrected chi connectivity index (χ3v) is 1.75. The molecule has 0 aromatic carbocycles. The molecule has 0 bridgehead atoms. The Hall–Kier alpha value is 1.21. The highest BCUT2D eigenvalue weighted by atomic mass is 79.9. The van der Waals surface area contributed by atoms with Crippen molar-refractivity contribution < 1.29 is 5.11 Å². The van der Waals surface area contributed by atoms with Crippen LogP contribution in [0.1, 0.15) is 0 Å². The van der Waals surface area contributed by atoms with Gasteiger partial charge in [-0.05, 0) is 31.9 Å². The van der Waals surface area contributed by atoms with E-state index in [1.165, 1.54) is 0 Å². The lowest BCUT2D eigenvalue weighted by Gasteiger charge is -2.04. The maximum Gasteiger partial charge on any atom is 0.188 e. The van der Waals surface area contributed by atoms with Gasteiger partial charge in [-0.2, -0.15) is 0 Å². The van der Waals surface area contributed by atoms with Gasteiger partial charge in [-0.15, -0.1) is 11.6 Å². The van der Waals surface area contributed by atoms with Crippen LogP contribution in [0.2, 0.25) is 0 Å². The van der Waals surface area contributed by atoms with E-state index >= 15 is 0 Å². The van der Waals surface area contributed by atoms with E-state index in [0.29, 0.717) is 0 Å². The quantitative estimate of drug-likeness (QED) is 0.689. The largest absolute Gasteiger partial charge is 0.368 e. The molecule has 4 heteroatoms. The molecular formula is C2H3Br2ClO. The van der Waals surface area contributed by atoms with Gasteiger partial charge in [0, 0.05) is 0 Å². The smallest absolute Gasteiger partial charge is 0.188 e. The second-order valence-corrected chi connectivity index (χ2v) is 4.75. The third-order valence-electron chi connectivity index (χ3n) is 0.161. The van der Waals surface area contributed by atoms with Crippen LogP contribution in [0, 0.1) is 0 Å². The molecule has 0 radical (unpaired) electrons. The molecule has 0 heterocycles. The van der Waals surface area contributed by atoms with Crippen molar-refractivity contribution in [3.05, 3.63) is 0 Å². The van der Waals surface area contributed by atoms with Gasteiger partial charge in [0.1, 0.15) is 0 Å². The molecule has 38 valence electrons.